The summed E-state index contributed by atoms with van der Waals surface area (Å²) >= 11 is 0. The molecule has 2 aromatic heterocycles. The van der Waals surface area contributed by atoms with Gasteiger partial charge in [0.15, 0.2) is 0 Å². The number of nitrogens with zero attached hydrogens (tertiary/aromatic N) is 1. The molecule has 3 heterocycles. The number of aliphatic hydroxyl groups is 1. The van der Waals surface area contributed by atoms with E-state index in [1.54, 1.807) is 32.2 Å². The SMILES string of the molecule is CC(=O)OC[C@](C)(OC(C)=O)[C@@H]1C[C@H](OC(C)=O)[C@@]2(C)Oc3cc(-c4cccnc4)oc(=O)c3[C@H](O)[C@H]2C1. The second-order valence-electron chi connectivity index (χ2n) is 10.2. The number of rotatable bonds is 6. The van der Waals surface area contributed by atoms with Crippen molar-refractivity contribution < 1.29 is 42.9 Å². The monoisotopic (exact) mass is 529 g/mol. The Balaban J connectivity index is 1.78. The molecule has 0 radical (unpaired) electrons. The number of pyridine rings is 1. The van der Waals surface area contributed by atoms with Crippen LogP contribution in [0.1, 0.15) is 59.1 Å². The van der Waals surface area contributed by atoms with Crippen LogP contribution in [0.5, 0.6) is 5.75 Å². The molecule has 2 aromatic rings. The molecule has 0 saturated heterocycles. The van der Waals surface area contributed by atoms with E-state index in [9.17, 15) is 24.3 Å². The fourth-order valence-electron chi connectivity index (χ4n) is 5.54. The number of carbonyl (C=O) groups excluding carboxylic acids is 3. The van der Waals surface area contributed by atoms with Gasteiger partial charge in [-0.3, -0.25) is 19.4 Å². The smallest absolute Gasteiger partial charge is 0.345 e. The number of esters is 3. The van der Waals surface area contributed by atoms with E-state index >= 15 is 0 Å². The molecule has 11 heteroatoms. The maximum absolute atomic E-state index is 13.1. The van der Waals surface area contributed by atoms with Crippen molar-refractivity contribution in [3.05, 3.63) is 46.6 Å². The highest BCUT2D eigenvalue weighted by Gasteiger charge is 2.60. The lowest BCUT2D eigenvalue weighted by Gasteiger charge is -2.54. The number of carbonyl (C=O) groups is 3. The van der Waals surface area contributed by atoms with E-state index in [4.69, 9.17) is 23.4 Å². The Hall–Kier alpha value is -3.73. The summed E-state index contributed by atoms with van der Waals surface area (Å²) in [5, 5.41) is 11.5. The van der Waals surface area contributed by atoms with Gasteiger partial charge in [0.1, 0.15) is 41.0 Å². The van der Waals surface area contributed by atoms with E-state index in [0.717, 1.165) is 0 Å². The number of ether oxygens (including phenoxy) is 4. The van der Waals surface area contributed by atoms with Crippen LogP contribution in [0.25, 0.3) is 11.3 Å². The van der Waals surface area contributed by atoms with E-state index in [0.29, 0.717) is 5.56 Å². The van der Waals surface area contributed by atoms with Crippen molar-refractivity contribution in [3.8, 4) is 17.1 Å². The Morgan fingerprint density at radius 2 is 1.92 bits per heavy atom. The maximum Gasteiger partial charge on any atom is 0.345 e. The van der Waals surface area contributed by atoms with Gasteiger partial charge in [-0.05, 0) is 38.8 Å². The van der Waals surface area contributed by atoms with Crippen molar-refractivity contribution in [3.63, 3.8) is 0 Å². The average molecular weight is 530 g/mol. The predicted molar refractivity (Wildman–Crippen MR) is 131 cm³/mol. The lowest BCUT2D eigenvalue weighted by Crippen LogP contribution is -2.63. The van der Waals surface area contributed by atoms with Gasteiger partial charge in [-0.25, -0.2) is 4.79 Å². The quantitative estimate of drug-likeness (QED) is 0.434. The molecule has 38 heavy (non-hydrogen) atoms. The van der Waals surface area contributed by atoms with Crippen LogP contribution in [0.4, 0.5) is 0 Å². The Morgan fingerprint density at radius 3 is 2.53 bits per heavy atom. The topological polar surface area (TPSA) is 151 Å². The molecule has 0 bridgehead atoms. The van der Waals surface area contributed by atoms with Crippen LogP contribution in [-0.4, -0.2) is 51.9 Å². The number of hydrogen-bond donors (Lipinski definition) is 1. The summed E-state index contributed by atoms with van der Waals surface area (Å²) in [6.45, 7) is 6.82. The van der Waals surface area contributed by atoms with Crippen molar-refractivity contribution in [2.45, 2.75) is 70.9 Å². The summed E-state index contributed by atoms with van der Waals surface area (Å²) in [5.41, 5.74) is -2.83. The Labute approximate surface area is 219 Å². The number of hydrogen-bond acceptors (Lipinski definition) is 11. The van der Waals surface area contributed by atoms with E-state index < -0.39 is 58.8 Å². The molecule has 4 rings (SSSR count). The van der Waals surface area contributed by atoms with Gasteiger partial charge in [0, 0.05) is 56.6 Å². The van der Waals surface area contributed by atoms with Crippen molar-refractivity contribution in [2.75, 3.05) is 6.61 Å². The molecule has 0 amide bonds. The average Bonchev–Trinajstić information content (AvgIpc) is 2.83. The summed E-state index contributed by atoms with van der Waals surface area (Å²) in [5.74, 6) is -2.70. The molecule has 1 N–H and O–H groups in total. The Bertz CT molecular complexity index is 1290. The Kier molecular flexibility index (Phi) is 7.33. The minimum atomic E-state index is -1.35. The van der Waals surface area contributed by atoms with Gasteiger partial charge in [-0.1, -0.05) is 0 Å². The lowest BCUT2D eigenvalue weighted by molar-refractivity contribution is -0.215. The highest BCUT2D eigenvalue weighted by molar-refractivity contribution is 5.68. The molecular weight excluding hydrogens is 498 g/mol. The molecule has 0 unspecified atom stereocenters. The van der Waals surface area contributed by atoms with Crippen molar-refractivity contribution in [1.29, 1.82) is 0 Å². The van der Waals surface area contributed by atoms with E-state index in [2.05, 4.69) is 4.98 Å². The predicted octanol–water partition coefficient (Wildman–Crippen LogP) is 2.73. The van der Waals surface area contributed by atoms with Crippen LogP contribution in [0.3, 0.4) is 0 Å². The third kappa shape index (κ3) is 5.15. The fourth-order valence-corrected chi connectivity index (χ4v) is 5.54. The van der Waals surface area contributed by atoms with Gasteiger partial charge < -0.3 is 28.5 Å². The highest BCUT2D eigenvalue weighted by Crippen LogP contribution is 2.54. The van der Waals surface area contributed by atoms with E-state index in [1.165, 1.54) is 33.0 Å². The van der Waals surface area contributed by atoms with Gasteiger partial charge >= 0.3 is 23.5 Å². The second kappa shape index (κ2) is 10.2. The van der Waals surface area contributed by atoms with Crippen LogP contribution in [-0.2, 0) is 28.6 Å². The van der Waals surface area contributed by atoms with Crippen molar-refractivity contribution in [1.82, 2.24) is 4.98 Å². The van der Waals surface area contributed by atoms with Gasteiger partial charge in [-0.15, -0.1) is 0 Å². The van der Waals surface area contributed by atoms with Crippen LogP contribution in [0, 0.1) is 11.8 Å². The van der Waals surface area contributed by atoms with Crippen molar-refractivity contribution >= 4 is 17.9 Å². The van der Waals surface area contributed by atoms with Crippen LogP contribution in [0.15, 0.2) is 39.8 Å². The fraction of sp³-hybridized carbons (Fsp3) is 0.519. The zero-order chi connectivity index (χ0) is 27.8. The Morgan fingerprint density at radius 1 is 1.18 bits per heavy atom. The molecule has 1 fully saturated rings. The highest BCUT2D eigenvalue weighted by atomic mass is 16.6. The summed E-state index contributed by atoms with van der Waals surface area (Å²) in [7, 11) is 0. The molecule has 0 aromatic carbocycles. The maximum atomic E-state index is 13.1. The first-order chi connectivity index (χ1) is 17.8. The number of aromatic nitrogens is 1. The zero-order valence-electron chi connectivity index (χ0n) is 21.9. The molecule has 1 saturated carbocycles. The van der Waals surface area contributed by atoms with Crippen LogP contribution in [0.2, 0.25) is 0 Å². The van der Waals surface area contributed by atoms with Crippen molar-refractivity contribution in [2.24, 2.45) is 11.8 Å². The molecule has 11 nitrogen and oxygen atoms in total. The number of aliphatic hydroxyl groups excluding tert-OH is 1. The first-order valence-corrected chi connectivity index (χ1v) is 12.3. The first kappa shape index (κ1) is 27.3. The molecular formula is C27H31NO10. The normalized spacial score (nSPS) is 27.5. The summed E-state index contributed by atoms with van der Waals surface area (Å²) in [6.07, 6.45) is 1.24. The lowest BCUT2D eigenvalue weighted by atomic mass is 9.62. The van der Waals surface area contributed by atoms with Gasteiger partial charge in [-0.2, -0.15) is 0 Å². The molecule has 6 atom stereocenters. The van der Waals surface area contributed by atoms with Crippen LogP contribution < -0.4 is 10.4 Å². The first-order valence-electron chi connectivity index (χ1n) is 12.3. The number of fused-ring (bicyclic) bond motifs is 2. The van der Waals surface area contributed by atoms with E-state index in [1.807, 2.05) is 0 Å². The molecule has 0 spiro atoms. The minimum absolute atomic E-state index is 0.0588. The molecule has 1 aliphatic carbocycles. The third-order valence-electron chi connectivity index (χ3n) is 7.43. The standard InChI is InChI=1S/C27H31NO10/c1-14(29)34-13-26(4,37-16(3)31)18-9-19-24(32)23-21(38-27(19,5)22(10-18)35-15(2)30)11-20(36-25(23)33)17-7-6-8-28-12-17/h6-8,11-12,18-19,22,24,32H,9-10,13H2,1-5H3/t18-,19+,22-,24+,26-,27-/m0/s1. The largest absolute Gasteiger partial charge is 0.482 e. The second-order valence-corrected chi connectivity index (χ2v) is 10.2. The summed E-state index contributed by atoms with van der Waals surface area (Å²) in [6, 6.07) is 4.92. The molecule has 2 aliphatic rings. The van der Waals surface area contributed by atoms with Gasteiger partial charge in [0.25, 0.3) is 0 Å². The molecule has 1 aliphatic heterocycles. The van der Waals surface area contributed by atoms with Crippen LogP contribution >= 0.6 is 0 Å². The summed E-state index contributed by atoms with van der Waals surface area (Å²) < 4.78 is 28.4. The summed E-state index contributed by atoms with van der Waals surface area (Å²) in [4.78, 5) is 52.8. The zero-order valence-corrected chi connectivity index (χ0v) is 21.9. The van der Waals surface area contributed by atoms with Gasteiger partial charge in [0.2, 0.25) is 0 Å². The molecule has 204 valence electrons. The van der Waals surface area contributed by atoms with E-state index in [-0.39, 0.29) is 36.5 Å². The minimum Gasteiger partial charge on any atom is -0.482 e. The third-order valence-corrected chi connectivity index (χ3v) is 7.43. The van der Waals surface area contributed by atoms with Gasteiger partial charge in [0.05, 0.1) is 6.10 Å².